The molecule has 160 valence electrons. The second kappa shape index (κ2) is 9.22. The van der Waals surface area contributed by atoms with E-state index < -0.39 is 10.0 Å². The topological polar surface area (TPSA) is 94.8 Å². The molecule has 2 aromatic carbocycles. The molecule has 0 saturated carbocycles. The number of hydrogen-bond donors (Lipinski definition) is 0. The number of methoxy groups -OCH3 is 1. The summed E-state index contributed by atoms with van der Waals surface area (Å²) in [6.45, 7) is 2.32. The molecule has 0 N–H and O–H groups in total. The Kier molecular flexibility index (Phi) is 6.87. The molecule has 0 aliphatic rings. The van der Waals surface area contributed by atoms with E-state index in [1.165, 1.54) is 26.3 Å². The van der Waals surface area contributed by atoms with Gasteiger partial charge in [0.1, 0.15) is 21.4 Å². The lowest BCUT2D eigenvalue weighted by atomic mass is 10.2. The number of benzene rings is 2. The van der Waals surface area contributed by atoms with Gasteiger partial charge in [-0.15, -0.1) is 0 Å². The Morgan fingerprint density at radius 1 is 1.10 bits per heavy atom. The van der Waals surface area contributed by atoms with Gasteiger partial charge in [-0.3, -0.25) is 0 Å². The van der Waals surface area contributed by atoms with Crippen molar-refractivity contribution in [2.75, 3.05) is 20.8 Å². The summed E-state index contributed by atoms with van der Waals surface area (Å²) >= 11 is 12.2. The van der Waals surface area contributed by atoms with Gasteiger partial charge in [0.15, 0.2) is 0 Å². The van der Waals surface area contributed by atoms with Gasteiger partial charge in [-0.05, 0) is 43.3 Å². The van der Waals surface area contributed by atoms with Gasteiger partial charge in [0, 0.05) is 12.6 Å². The van der Waals surface area contributed by atoms with Crippen LogP contribution < -0.4 is 9.47 Å². The minimum atomic E-state index is -3.97. The fourth-order valence-electron chi connectivity index (χ4n) is 2.62. The average Bonchev–Trinajstić information content (AvgIpc) is 3.19. The van der Waals surface area contributed by atoms with Gasteiger partial charge in [-0.25, -0.2) is 8.42 Å². The van der Waals surface area contributed by atoms with Crippen molar-refractivity contribution < 1.29 is 22.4 Å². The molecule has 0 saturated heterocycles. The molecule has 0 unspecified atom stereocenters. The number of aromatic nitrogens is 2. The van der Waals surface area contributed by atoms with Gasteiger partial charge >= 0.3 is 0 Å². The van der Waals surface area contributed by atoms with E-state index in [4.69, 9.17) is 37.2 Å². The summed E-state index contributed by atoms with van der Waals surface area (Å²) in [6.07, 6.45) is 0. The van der Waals surface area contributed by atoms with Gasteiger partial charge in [0.05, 0.1) is 25.3 Å². The highest BCUT2D eigenvalue weighted by Crippen LogP contribution is 2.37. The van der Waals surface area contributed by atoms with Crippen LogP contribution in [0, 0.1) is 0 Å². The first-order valence-corrected chi connectivity index (χ1v) is 11.0. The van der Waals surface area contributed by atoms with E-state index in [1.807, 2.05) is 6.92 Å². The molecule has 0 fully saturated rings. The minimum Gasteiger partial charge on any atom is -0.495 e. The molecule has 0 aliphatic carbocycles. The highest BCUT2D eigenvalue weighted by atomic mass is 35.5. The zero-order valence-electron chi connectivity index (χ0n) is 16.4. The molecule has 1 aromatic heterocycles. The standard InChI is InChI=1S/C19H19Cl2N3O5S/c1-4-28-13-7-5-12(6-8-13)19-22-16(29-23-19)11-24(2)30(25,26)15-10-9-14(27-3)17(20)18(15)21/h5-10H,4,11H2,1-3H3. The van der Waals surface area contributed by atoms with E-state index in [1.54, 1.807) is 24.3 Å². The van der Waals surface area contributed by atoms with Crippen LogP contribution in [0.2, 0.25) is 10.0 Å². The number of rotatable bonds is 8. The Morgan fingerprint density at radius 3 is 2.43 bits per heavy atom. The lowest BCUT2D eigenvalue weighted by Crippen LogP contribution is -2.27. The number of hydrogen-bond acceptors (Lipinski definition) is 7. The molecular weight excluding hydrogens is 453 g/mol. The summed E-state index contributed by atoms with van der Waals surface area (Å²) < 4.78 is 42.6. The summed E-state index contributed by atoms with van der Waals surface area (Å²) in [5.74, 6) is 1.47. The fraction of sp³-hybridized carbons (Fsp3) is 0.263. The molecule has 0 spiro atoms. The number of nitrogens with zero attached hydrogens (tertiary/aromatic N) is 3. The molecule has 0 radical (unpaired) electrons. The first-order chi connectivity index (χ1) is 14.3. The van der Waals surface area contributed by atoms with E-state index in [0.717, 1.165) is 10.1 Å². The smallest absolute Gasteiger partial charge is 0.244 e. The maximum atomic E-state index is 12.9. The zero-order valence-corrected chi connectivity index (χ0v) is 18.8. The monoisotopic (exact) mass is 471 g/mol. The maximum absolute atomic E-state index is 12.9. The Bertz CT molecular complexity index is 1130. The summed E-state index contributed by atoms with van der Waals surface area (Å²) in [7, 11) is -1.17. The highest BCUT2D eigenvalue weighted by molar-refractivity contribution is 7.89. The molecular formula is C19H19Cl2N3O5S. The van der Waals surface area contributed by atoms with Crippen molar-refractivity contribution in [2.45, 2.75) is 18.4 Å². The van der Waals surface area contributed by atoms with E-state index >= 15 is 0 Å². The lowest BCUT2D eigenvalue weighted by molar-refractivity contribution is 0.336. The molecule has 3 rings (SSSR count). The van der Waals surface area contributed by atoms with Gasteiger partial charge < -0.3 is 14.0 Å². The maximum Gasteiger partial charge on any atom is 0.244 e. The van der Waals surface area contributed by atoms with Crippen molar-refractivity contribution in [1.82, 2.24) is 14.4 Å². The summed E-state index contributed by atoms with van der Waals surface area (Å²) in [4.78, 5) is 4.12. The molecule has 8 nitrogen and oxygen atoms in total. The molecule has 0 bridgehead atoms. The summed E-state index contributed by atoms with van der Waals surface area (Å²) in [5.41, 5.74) is 0.712. The van der Waals surface area contributed by atoms with Crippen molar-refractivity contribution in [2.24, 2.45) is 0 Å². The number of halogens is 2. The molecule has 0 atom stereocenters. The van der Waals surface area contributed by atoms with E-state index in [0.29, 0.717) is 18.0 Å². The third-order valence-electron chi connectivity index (χ3n) is 4.17. The Labute approximate surface area is 184 Å². The van der Waals surface area contributed by atoms with Crippen LogP contribution in [0.5, 0.6) is 11.5 Å². The largest absolute Gasteiger partial charge is 0.495 e. The van der Waals surface area contributed by atoms with Crippen LogP contribution >= 0.6 is 23.2 Å². The van der Waals surface area contributed by atoms with Crippen LogP contribution in [0.15, 0.2) is 45.8 Å². The third kappa shape index (κ3) is 4.54. The van der Waals surface area contributed by atoms with Gasteiger partial charge in [0.25, 0.3) is 0 Å². The zero-order chi connectivity index (χ0) is 21.9. The lowest BCUT2D eigenvalue weighted by Gasteiger charge is -2.17. The van der Waals surface area contributed by atoms with Gasteiger partial charge in [-0.1, -0.05) is 28.4 Å². The predicted octanol–water partition coefficient (Wildman–Crippen LogP) is 4.27. The van der Waals surface area contributed by atoms with Gasteiger partial charge in [0.2, 0.25) is 21.7 Å². The Balaban J connectivity index is 1.79. The predicted molar refractivity (Wildman–Crippen MR) is 113 cm³/mol. The molecule has 0 aliphatic heterocycles. The Morgan fingerprint density at radius 2 is 1.80 bits per heavy atom. The molecule has 1 heterocycles. The van der Waals surface area contributed by atoms with Crippen LogP contribution in [0.1, 0.15) is 12.8 Å². The van der Waals surface area contributed by atoms with E-state index in [-0.39, 0.29) is 33.1 Å². The van der Waals surface area contributed by atoms with Crippen LogP contribution in [0.25, 0.3) is 11.4 Å². The van der Waals surface area contributed by atoms with Crippen molar-refractivity contribution in [1.29, 1.82) is 0 Å². The van der Waals surface area contributed by atoms with Crippen molar-refractivity contribution in [3.63, 3.8) is 0 Å². The van der Waals surface area contributed by atoms with Crippen molar-refractivity contribution >= 4 is 33.2 Å². The quantitative estimate of drug-likeness (QED) is 0.483. The van der Waals surface area contributed by atoms with Crippen LogP contribution in [-0.4, -0.2) is 43.6 Å². The first kappa shape index (κ1) is 22.4. The third-order valence-corrected chi connectivity index (χ3v) is 6.99. The second-order valence-electron chi connectivity index (χ2n) is 6.12. The number of ether oxygens (including phenoxy) is 2. The van der Waals surface area contributed by atoms with Gasteiger partial charge in [-0.2, -0.15) is 9.29 Å². The fourth-order valence-corrected chi connectivity index (χ4v) is 4.55. The van der Waals surface area contributed by atoms with Crippen LogP contribution in [0.4, 0.5) is 0 Å². The Hall–Kier alpha value is -2.33. The summed E-state index contributed by atoms with van der Waals surface area (Å²) in [6, 6.07) is 9.93. The van der Waals surface area contributed by atoms with Crippen molar-refractivity contribution in [3.05, 3.63) is 52.3 Å². The SMILES string of the molecule is CCOc1ccc(-c2noc(CN(C)S(=O)(=O)c3ccc(OC)c(Cl)c3Cl)n2)cc1. The minimum absolute atomic E-state index is 0.0178. The normalized spacial score (nSPS) is 11.7. The van der Waals surface area contributed by atoms with Crippen molar-refractivity contribution in [3.8, 4) is 22.9 Å². The number of sulfonamides is 1. The summed E-state index contributed by atoms with van der Waals surface area (Å²) in [5, 5.41) is 3.81. The van der Waals surface area contributed by atoms with Crippen LogP contribution in [-0.2, 0) is 16.6 Å². The van der Waals surface area contributed by atoms with E-state index in [9.17, 15) is 8.42 Å². The van der Waals surface area contributed by atoms with E-state index in [2.05, 4.69) is 10.1 Å². The second-order valence-corrected chi connectivity index (χ2v) is 8.89. The first-order valence-electron chi connectivity index (χ1n) is 8.82. The highest BCUT2D eigenvalue weighted by Gasteiger charge is 2.27. The van der Waals surface area contributed by atoms with Crippen LogP contribution in [0.3, 0.4) is 0 Å². The molecule has 30 heavy (non-hydrogen) atoms. The molecule has 3 aromatic rings. The average molecular weight is 472 g/mol. The molecule has 0 amide bonds. The molecule has 11 heteroatoms.